The molecule has 0 amide bonds. The molecule has 5 aliphatic rings. The molecule has 0 aliphatic heterocycles. The lowest BCUT2D eigenvalue weighted by Gasteiger charge is -2.72. The molecule has 1 unspecified atom stereocenters. The average Bonchev–Trinajstić information content (AvgIpc) is 3.26. The van der Waals surface area contributed by atoms with Gasteiger partial charge in [-0.2, -0.15) is 0 Å². The molecule has 39 heavy (non-hydrogen) atoms. The standard InChI is InChI=1S/C32H48O7/c1-18(17-33)20-9-14-32(27(37)38)16-15-29(4)21(25(20)32)7-8-22-28(3)12-11-24(39-19(2)34)31(6,26(35)36)23(28)10-13-30(22,29)5/h20-25,33H,1,7-17H2,2-6H3,(H,35,36)(H,37,38)/t20-,21+,22+,23+,24+,25?,28+,29+,30+,31-,32-/m0/s1. The van der Waals surface area contributed by atoms with Gasteiger partial charge in [0, 0.05) is 6.92 Å². The first-order valence-electron chi connectivity index (χ1n) is 15.1. The number of esters is 1. The number of fused-ring (bicyclic) bond motifs is 7. The Morgan fingerprint density at radius 2 is 1.51 bits per heavy atom. The van der Waals surface area contributed by atoms with Gasteiger partial charge in [0.2, 0.25) is 0 Å². The molecule has 0 aromatic heterocycles. The number of carbonyl (C=O) groups excluding carboxylic acids is 1. The number of aliphatic hydroxyl groups excluding tert-OH is 1. The molecule has 5 aliphatic carbocycles. The van der Waals surface area contributed by atoms with Crippen molar-refractivity contribution in [3.63, 3.8) is 0 Å². The maximum absolute atomic E-state index is 12.9. The van der Waals surface area contributed by atoms with Crippen molar-refractivity contribution in [2.45, 2.75) is 105 Å². The molecule has 5 rings (SSSR count). The number of carboxylic acids is 2. The summed E-state index contributed by atoms with van der Waals surface area (Å²) in [4.78, 5) is 37.6. The lowest BCUT2D eigenvalue weighted by atomic mass is 9.32. The summed E-state index contributed by atoms with van der Waals surface area (Å²) in [5.74, 6) is -1.57. The fraction of sp³-hybridized carbons (Fsp3) is 0.844. The van der Waals surface area contributed by atoms with Gasteiger partial charge in [-0.25, -0.2) is 0 Å². The highest BCUT2D eigenvalue weighted by Gasteiger charge is 2.73. The summed E-state index contributed by atoms with van der Waals surface area (Å²) in [5.41, 5.74) is -1.47. The van der Waals surface area contributed by atoms with E-state index in [1.165, 1.54) is 6.92 Å². The summed E-state index contributed by atoms with van der Waals surface area (Å²) in [5, 5.41) is 31.1. The number of hydrogen-bond acceptors (Lipinski definition) is 5. The monoisotopic (exact) mass is 544 g/mol. The van der Waals surface area contributed by atoms with Crippen LogP contribution in [-0.4, -0.2) is 45.9 Å². The van der Waals surface area contributed by atoms with E-state index in [0.717, 1.165) is 50.5 Å². The second-order valence-electron chi connectivity index (χ2n) is 14.8. The van der Waals surface area contributed by atoms with Crippen molar-refractivity contribution in [1.82, 2.24) is 0 Å². The van der Waals surface area contributed by atoms with Crippen LogP contribution in [0.2, 0.25) is 0 Å². The molecule has 0 saturated heterocycles. The fourth-order valence-electron chi connectivity index (χ4n) is 11.9. The largest absolute Gasteiger partial charge is 0.481 e. The summed E-state index contributed by atoms with van der Waals surface area (Å²) in [6.07, 6.45) is 7.20. The maximum atomic E-state index is 12.9. The quantitative estimate of drug-likeness (QED) is 0.300. The fourth-order valence-corrected chi connectivity index (χ4v) is 11.9. The Hall–Kier alpha value is -1.89. The van der Waals surface area contributed by atoms with Crippen LogP contribution in [0.15, 0.2) is 12.2 Å². The van der Waals surface area contributed by atoms with Crippen LogP contribution in [0.4, 0.5) is 0 Å². The zero-order valence-corrected chi connectivity index (χ0v) is 24.4. The Balaban J connectivity index is 1.55. The van der Waals surface area contributed by atoms with E-state index in [4.69, 9.17) is 4.74 Å². The molecule has 3 N–H and O–H groups in total. The first kappa shape index (κ1) is 28.6. The molecular weight excluding hydrogens is 496 g/mol. The van der Waals surface area contributed by atoms with E-state index in [2.05, 4.69) is 27.4 Å². The van der Waals surface area contributed by atoms with Gasteiger partial charge in [0.15, 0.2) is 0 Å². The summed E-state index contributed by atoms with van der Waals surface area (Å²) < 4.78 is 5.65. The van der Waals surface area contributed by atoms with Gasteiger partial charge in [0.05, 0.1) is 12.0 Å². The molecule has 0 spiro atoms. The Morgan fingerprint density at radius 3 is 2.10 bits per heavy atom. The zero-order chi connectivity index (χ0) is 28.8. The van der Waals surface area contributed by atoms with E-state index in [-0.39, 0.29) is 46.5 Å². The van der Waals surface area contributed by atoms with E-state index in [1.807, 2.05) is 0 Å². The summed E-state index contributed by atoms with van der Waals surface area (Å²) in [7, 11) is 0. The molecule has 7 heteroatoms. The first-order chi connectivity index (χ1) is 18.1. The first-order valence-corrected chi connectivity index (χ1v) is 15.1. The Morgan fingerprint density at radius 1 is 0.821 bits per heavy atom. The number of ether oxygens (including phenoxy) is 1. The number of hydrogen-bond donors (Lipinski definition) is 3. The van der Waals surface area contributed by atoms with E-state index < -0.39 is 34.8 Å². The van der Waals surface area contributed by atoms with Crippen molar-refractivity contribution in [3.05, 3.63) is 12.2 Å². The summed E-state index contributed by atoms with van der Waals surface area (Å²) >= 11 is 0. The summed E-state index contributed by atoms with van der Waals surface area (Å²) in [6, 6.07) is 0. The van der Waals surface area contributed by atoms with E-state index in [1.54, 1.807) is 6.92 Å². The lowest BCUT2D eigenvalue weighted by Crippen LogP contribution is -2.68. The van der Waals surface area contributed by atoms with Gasteiger partial charge in [-0.1, -0.05) is 27.4 Å². The molecule has 7 nitrogen and oxygen atoms in total. The van der Waals surface area contributed by atoms with Crippen molar-refractivity contribution >= 4 is 17.9 Å². The molecule has 0 heterocycles. The van der Waals surface area contributed by atoms with E-state index in [9.17, 15) is 29.7 Å². The van der Waals surface area contributed by atoms with Gasteiger partial charge in [-0.15, -0.1) is 0 Å². The third kappa shape index (κ3) is 3.53. The van der Waals surface area contributed by atoms with Crippen molar-refractivity contribution in [2.24, 2.45) is 56.7 Å². The van der Waals surface area contributed by atoms with Crippen molar-refractivity contribution in [2.75, 3.05) is 6.61 Å². The minimum atomic E-state index is -1.14. The van der Waals surface area contributed by atoms with Crippen LogP contribution in [0.1, 0.15) is 98.8 Å². The number of carboxylic acid groups (broad SMARTS) is 2. The van der Waals surface area contributed by atoms with Gasteiger partial charge in [0.25, 0.3) is 0 Å². The lowest BCUT2D eigenvalue weighted by molar-refractivity contribution is -0.253. The average molecular weight is 545 g/mol. The van der Waals surface area contributed by atoms with Gasteiger partial charge in [-0.05, 0) is 123 Å². The highest BCUT2D eigenvalue weighted by molar-refractivity contribution is 5.77. The van der Waals surface area contributed by atoms with Gasteiger partial charge in [0.1, 0.15) is 11.5 Å². The molecule has 0 aromatic rings. The predicted molar refractivity (Wildman–Crippen MR) is 146 cm³/mol. The van der Waals surface area contributed by atoms with Gasteiger partial charge < -0.3 is 20.1 Å². The van der Waals surface area contributed by atoms with E-state index in [0.29, 0.717) is 25.2 Å². The SMILES string of the molecule is C=C(CO)[C@@H]1CC[C@]2(C(=O)O)CC[C@]3(C)[C@H](CC[C@@H]4[C@@]5(C)CC[C@@H](OC(C)=O)[C@@](C)(C(=O)O)[C@@H]5CC[C@]43C)C12. The highest BCUT2D eigenvalue weighted by Crippen LogP contribution is 2.77. The third-order valence-corrected chi connectivity index (χ3v) is 14.0. The van der Waals surface area contributed by atoms with E-state index >= 15 is 0 Å². The van der Waals surface area contributed by atoms with Crippen molar-refractivity contribution in [1.29, 1.82) is 0 Å². The van der Waals surface area contributed by atoms with Crippen LogP contribution in [0.3, 0.4) is 0 Å². The third-order valence-electron chi connectivity index (χ3n) is 14.0. The minimum absolute atomic E-state index is 0.0253. The van der Waals surface area contributed by atoms with Crippen LogP contribution in [-0.2, 0) is 19.1 Å². The Kier molecular flexibility index (Phi) is 6.65. The summed E-state index contributed by atoms with van der Waals surface area (Å²) in [6.45, 7) is 14.4. The van der Waals surface area contributed by atoms with Crippen LogP contribution in [0.25, 0.3) is 0 Å². The Bertz CT molecular complexity index is 1080. The normalized spacial score (nSPS) is 50.5. The smallest absolute Gasteiger partial charge is 0.313 e. The zero-order valence-electron chi connectivity index (χ0n) is 24.4. The molecule has 0 bridgehead atoms. The Labute approximate surface area is 232 Å². The second-order valence-corrected chi connectivity index (χ2v) is 14.8. The maximum Gasteiger partial charge on any atom is 0.313 e. The van der Waals surface area contributed by atoms with Crippen LogP contribution < -0.4 is 0 Å². The number of aliphatic hydroxyl groups is 1. The topological polar surface area (TPSA) is 121 Å². The number of aliphatic carboxylic acids is 2. The predicted octanol–water partition coefficient (Wildman–Crippen LogP) is 5.70. The van der Waals surface area contributed by atoms with Crippen molar-refractivity contribution in [3.8, 4) is 0 Å². The molecular formula is C32H48O7. The number of carbonyl (C=O) groups is 3. The molecule has 5 saturated carbocycles. The number of rotatable bonds is 5. The minimum Gasteiger partial charge on any atom is -0.481 e. The highest BCUT2D eigenvalue weighted by atomic mass is 16.5. The molecule has 5 fully saturated rings. The van der Waals surface area contributed by atoms with Crippen LogP contribution >= 0.6 is 0 Å². The van der Waals surface area contributed by atoms with Gasteiger partial charge in [-0.3, -0.25) is 14.4 Å². The molecule has 11 atom stereocenters. The molecule has 218 valence electrons. The molecule has 0 radical (unpaired) electrons. The van der Waals surface area contributed by atoms with Crippen molar-refractivity contribution < 1.29 is 34.4 Å². The second kappa shape index (κ2) is 9.06. The van der Waals surface area contributed by atoms with Gasteiger partial charge >= 0.3 is 17.9 Å². The molecule has 0 aromatic carbocycles. The van der Waals surface area contributed by atoms with Crippen LogP contribution in [0.5, 0.6) is 0 Å². The van der Waals surface area contributed by atoms with Crippen LogP contribution in [0, 0.1) is 56.7 Å².